The molecule has 8 heteroatoms. The van der Waals surface area contributed by atoms with Gasteiger partial charge >= 0.3 is 0 Å². The molecule has 8 nitrogen and oxygen atoms in total. The standard InChI is InChI=1S/C25H25N3O5/c1-4-32-24-13-19(10-11-23(24)33-16-21-12-17(2)8-9-18(21)3)15-26-27-25(29)20-6-5-7-22(14-20)28(30)31/h5-15H,4,16H2,1-3H3,(H,27,29)/b26-15+. The van der Waals surface area contributed by atoms with E-state index in [1.54, 1.807) is 18.2 Å². The summed E-state index contributed by atoms with van der Waals surface area (Å²) < 4.78 is 11.7. The zero-order valence-electron chi connectivity index (χ0n) is 18.7. The SMILES string of the molecule is CCOc1cc(/C=N/NC(=O)c2cccc([N+](=O)[O-])c2)ccc1OCc1cc(C)ccc1C. The second kappa shape index (κ2) is 10.9. The first-order valence-corrected chi connectivity index (χ1v) is 10.4. The summed E-state index contributed by atoms with van der Waals surface area (Å²) in [6.07, 6.45) is 1.46. The summed E-state index contributed by atoms with van der Waals surface area (Å²) in [7, 11) is 0. The molecule has 0 saturated heterocycles. The molecule has 0 saturated carbocycles. The second-order valence-corrected chi connectivity index (χ2v) is 7.36. The number of amides is 1. The maximum Gasteiger partial charge on any atom is 0.271 e. The van der Waals surface area contributed by atoms with Gasteiger partial charge in [-0.05, 0) is 61.7 Å². The molecule has 0 aliphatic rings. The largest absolute Gasteiger partial charge is 0.490 e. The molecule has 0 unspecified atom stereocenters. The monoisotopic (exact) mass is 447 g/mol. The molecule has 3 rings (SSSR count). The van der Waals surface area contributed by atoms with Gasteiger partial charge in [0, 0.05) is 17.7 Å². The van der Waals surface area contributed by atoms with Crippen LogP contribution in [0.3, 0.4) is 0 Å². The molecule has 170 valence electrons. The first-order valence-electron chi connectivity index (χ1n) is 10.4. The first-order chi connectivity index (χ1) is 15.9. The van der Waals surface area contributed by atoms with Crippen molar-refractivity contribution in [1.82, 2.24) is 5.43 Å². The van der Waals surface area contributed by atoms with Gasteiger partial charge in [-0.15, -0.1) is 0 Å². The van der Waals surface area contributed by atoms with Crippen LogP contribution in [0.4, 0.5) is 5.69 Å². The molecule has 0 aliphatic carbocycles. The van der Waals surface area contributed by atoms with E-state index in [1.807, 2.05) is 20.8 Å². The van der Waals surface area contributed by atoms with Gasteiger partial charge in [0.05, 0.1) is 17.7 Å². The number of carbonyl (C=O) groups is 1. The Hall–Kier alpha value is -4.20. The number of nitrogens with zero attached hydrogens (tertiary/aromatic N) is 2. The molecular formula is C25H25N3O5. The number of nitro groups is 1. The van der Waals surface area contributed by atoms with Crippen LogP contribution in [0.15, 0.2) is 65.8 Å². The van der Waals surface area contributed by atoms with Crippen LogP contribution in [0.25, 0.3) is 0 Å². The average Bonchev–Trinajstić information content (AvgIpc) is 2.80. The van der Waals surface area contributed by atoms with Crippen LogP contribution in [0.5, 0.6) is 11.5 Å². The predicted molar refractivity (Wildman–Crippen MR) is 126 cm³/mol. The number of non-ortho nitro benzene ring substituents is 1. The normalized spacial score (nSPS) is 10.8. The number of hydrazone groups is 1. The highest BCUT2D eigenvalue weighted by atomic mass is 16.6. The number of carbonyl (C=O) groups excluding carboxylic acids is 1. The molecule has 0 heterocycles. The number of nitro benzene ring substituents is 1. The van der Waals surface area contributed by atoms with Crippen molar-refractivity contribution in [2.45, 2.75) is 27.4 Å². The Kier molecular flexibility index (Phi) is 7.75. The van der Waals surface area contributed by atoms with E-state index in [0.717, 1.165) is 11.1 Å². The first kappa shape index (κ1) is 23.5. The zero-order chi connectivity index (χ0) is 23.8. The quantitative estimate of drug-likeness (QED) is 0.284. The minimum Gasteiger partial charge on any atom is -0.490 e. The van der Waals surface area contributed by atoms with Gasteiger partial charge in [0.1, 0.15) is 6.61 Å². The molecule has 33 heavy (non-hydrogen) atoms. The molecule has 0 radical (unpaired) electrons. The second-order valence-electron chi connectivity index (χ2n) is 7.36. The highest BCUT2D eigenvalue weighted by molar-refractivity contribution is 5.95. The third-order valence-corrected chi connectivity index (χ3v) is 4.85. The van der Waals surface area contributed by atoms with Gasteiger partial charge in [-0.3, -0.25) is 14.9 Å². The van der Waals surface area contributed by atoms with Crippen molar-refractivity contribution in [2.24, 2.45) is 5.10 Å². The Bertz CT molecular complexity index is 1190. The third-order valence-electron chi connectivity index (χ3n) is 4.85. The lowest BCUT2D eigenvalue weighted by molar-refractivity contribution is -0.384. The number of benzene rings is 3. The Balaban J connectivity index is 1.68. The predicted octanol–water partition coefficient (Wildman–Crippen LogP) is 4.95. The lowest BCUT2D eigenvalue weighted by Gasteiger charge is -2.14. The number of hydrogen-bond donors (Lipinski definition) is 1. The van der Waals surface area contributed by atoms with E-state index < -0.39 is 10.8 Å². The summed E-state index contributed by atoms with van der Waals surface area (Å²) in [5, 5.41) is 14.8. The summed E-state index contributed by atoms with van der Waals surface area (Å²) in [6.45, 7) is 6.85. The van der Waals surface area contributed by atoms with Crippen molar-refractivity contribution in [3.63, 3.8) is 0 Å². The summed E-state index contributed by atoms with van der Waals surface area (Å²) in [6, 6.07) is 17.0. The average molecular weight is 447 g/mol. The van der Waals surface area contributed by atoms with Crippen LogP contribution < -0.4 is 14.9 Å². The fraction of sp³-hybridized carbons (Fsp3) is 0.200. The highest BCUT2D eigenvalue weighted by Gasteiger charge is 2.11. The fourth-order valence-electron chi connectivity index (χ4n) is 3.09. The van der Waals surface area contributed by atoms with Crippen molar-refractivity contribution in [2.75, 3.05) is 6.61 Å². The minimum atomic E-state index is -0.556. The van der Waals surface area contributed by atoms with Crippen LogP contribution in [0, 0.1) is 24.0 Å². The van der Waals surface area contributed by atoms with Crippen molar-refractivity contribution < 1.29 is 19.2 Å². The van der Waals surface area contributed by atoms with Crippen molar-refractivity contribution in [1.29, 1.82) is 0 Å². The number of rotatable bonds is 9. The van der Waals surface area contributed by atoms with E-state index in [1.165, 1.54) is 36.0 Å². The molecule has 0 aliphatic heterocycles. The summed E-state index contributed by atoms with van der Waals surface area (Å²) in [5.74, 6) is 0.626. The van der Waals surface area contributed by atoms with Gasteiger partial charge in [-0.2, -0.15) is 5.10 Å². The Morgan fingerprint density at radius 2 is 1.88 bits per heavy atom. The van der Waals surface area contributed by atoms with E-state index >= 15 is 0 Å². The van der Waals surface area contributed by atoms with E-state index in [-0.39, 0.29) is 11.3 Å². The van der Waals surface area contributed by atoms with Crippen molar-refractivity contribution in [3.05, 3.63) is 98.6 Å². The fourth-order valence-corrected chi connectivity index (χ4v) is 3.09. The maximum absolute atomic E-state index is 12.2. The molecule has 1 amide bonds. The summed E-state index contributed by atoms with van der Waals surface area (Å²) in [5.41, 5.74) is 6.48. The molecular weight excluding hydrogens is 422 g/mol. The number of ether oxygens (including phenoxy) is 2. The van der Waals surface area contributed by atoms with Gasteiger partial charge in [0.2, 0.25) is 0 Å². The van der Waals surface area contributed by atoms with Crippen LogP contribution >= 0.6 is 0 Å². The lowest BCUT2D eigenvalue weighted by Crippen LogP contribution is -2.17. The van der Waals surface area contributed by atoms with Crippen LogP contribution in [0.1, 0.15) is 39.5 Å². The molecule has 0 atom stereocenters. The minimum absolute atomic E-state index is 0.145. The maximum atomic E-state index is 12.2. The summed E-state index contributed by atoms with van der Waals surface area (Å²) in [4.78, 5) is 22.5. The molecule has 0 bridgehead atoms. The molecule has 0 aromatic heterocycles. The van der Waals surface area contributed by atoms with Crippen LogP contribution in [0.2, 0.25) is 0 Å². The van der Waals surface area contributed by atoms with Gasteiger partial charge < -0.3 is 9.47 Å². The number of hydrogen-bond acceptors (Lipinski definition) is 6. The van der Waals surface area contributed by atoms with Gasteiger partial charge in [-0.1, -0.05) is 29.8 Å². The molecule has 3 aromatic carbocycles. The Morgan fingerprint density at radius 1 is 1.06 bits per heavy atom. The van der Waals surface area contributed by atoms with Gasteiger partial charge in [-0.25, -0.2) is 5.43 Å². The molecule has 3 aromatic rings. The number of aryl methyl sites for hydroxylation is 2. The summed E-state index contributed by atoms with van der Waals surface area (Å²) >= 11 is 0. The molecule has 1 N–H and O–H groups in total. The Morgan fingerprint density at radius 3 is 2.64 bits per heavy atom. The van der Waals surface area contributed by atoms with Crippen molar-refractivity contribution in [3.8, 4) is 11.5 Å². The molecule has 0 spiro atoms. The van der Waals surface area contributed by atoms with Crippen LogP contribution in [-0.4, -0.2) is 23.7 Å². The van der Waals surface area contributed by atoms with E-state index in [0.29, 0.717) is 30.3 Å². The van der Waals surface area contributed by atoms with E-state index in [9.17, 15) is 14.9 Å². The topological polar surface area (TPSA) is 103 Å². The highest BCUT2D eigenvalue weighted by Crippen LogP contribution is 2.29. The van der Waals surface area contributed by atoms with E-state index in [4.69, 9.17) is 9.47 Å². The van der Waals surface area contributed by atoms with E-state index in [2.05, 4.69) is 28.7 Å². The third kappa shape index (κ3) is 6.39. The number of nitrogens with one attached hydrogen (secondary N) is 1. The lowest BCUT2D eigenvalue weighted by atomic mass is 10.1. The van der Waals surface area contributed by atoms with Crippen LogP contribution in [-0.2, 0) is 6.61 Å². The van der Waals surface area contributed by atoms with Gasteiger partial charge in [0.25, 0.3) is 11.6 Å². The van der Waals surface area contributed by atoms with Gasteiger partial charge in [0.15, 0.2) is 11.5 Å². The Labute approximate surface area is 192 Å². The smallest absolute Gasteiger partial charge is 0.271 e. The molecule has 0 fully saturated rings. The van der Waals surface area contributed by atoms with Crippen molar-refractivity contribution >= 4 is 17.8 Å². The zero-order valence-corrected chi connectivity index (χ0v) is 18.7.